The summed E-state index contributed by atoms with van der Waals surface area (Å²) in [4.78, 5) is 4.15. The second-order valence-electron chi connectivity index (χ2n) is 5.33. The van der Waals surface area contributed by atoms with Gasteiger partial charge in [-0.05, 0) is 31.4 Å². The molecule has 1 atom stereocenters. The van der Waals surface area contributed by atoms with Crippen LogP contribution in [0.4, 0.5) is 0 Å². The summed E-state index contributed by atoms with van der Waals surface area (Å²) in [5.41, 5.74) is 1.95. The van der Waals surface area contributed by atoms with Crippen LogP contribution in [0.3, 0.4) is 0 Å². The van der Waals surface area contributed by atoms with Gasteiger partial charge in [0.25, 0.3) is 0 Å². The summed E-state index contributed by atoms with van der Waals surface area (Å²) < 4.78 is 11.0. The normalized spacial score (nSPS) is 12.7. The van der Waals surface area contributed by atoms with Gasteiger partial charge in [-0.2, -0.15) is 0 Å². The van der Waals surface area contributed by atoms with E-state index < -0.39 is 0 Å². The van der Waals surface area contributed by atoms with E-state index >= 15 is 0 Å². The van der Waals surface area contributed by atoms with E-state index in [-0.39, 0.29) is 5.38 Å². The first kappa shape index (κ1) is 14.9. The lowest BCUT2D eigenvalue weighted by atomic mass is 10.0. The molecular formula is C16H20ClNO2. The highest BCUT2D eigenvalue weighted by Crippen LogP contribution is 2.35. The van der Waals surface area contributed by atoms with Gasteiger partial charge in [-0.25, -0.2) is 0 Å². The first-order valence-electron chi connectivity index (χ1n) is 6.75. The Hall–Kier alpha value is -1.48. The third kappa shape index (κ3) is 3.34. The van der Waals surface area contributed by atoms with E-state index in [0.29, 0.717) is 11.7 Å². The lowest BCUT2D eigenvalue weighted by Crippen LogP contribution is -1.96. The summed E-state index contributed by atoms with van der Waals surface area (Å²) >= 11 is 6.47. The van der Waals surface area contributed by atoms with Gasteiger partial charge in [-0.3, -0.25) is 4.98 Å². The SMILES string of the molecule is COc1cncc(-c2cc(C(Cl)CC(C)C)c(C)o2)c1. The molecule has 0 spiro atoms. The quantitative estimate of drug-likeness (QED) is 0.729. The molecule has 4 heteroatoms. The number of halogens is 1. The number of ether oxygens (including phenoxy) is 1. The number of hydrogen-bond donors (Lipinski definition) is 0. The molecule has 2 aromatic rings. The Balaban J connectivity index is 2.30. The number of aromatic nitrogens is 1. The molecule has 0 amide bonds. The van der Waals surface area contributed by atoms with Crippen LogP contribution in [0.15, 0.2) is 28.9 Å². The number of hydrogen-bond acceptors (Lipinski definition) is 3. The topological polar surface area (TPSA) is 35.3 Å². The minimum Gasteiger partial charge on any atom is -0.495 e. The minimum atomic E-state index is -0.0222. The zero-order valence-electron chi connectivity index (χ0n) is 12.3. The van der Waals surface area contributed by atoms with Crippen molar-refractivity contribution in [2.24, 2.45) is 5.92 Å². The van der Waals surface area contributed by atoms with Crippen LogP contribution < -0.4 is 4.74 Å². The molecule has 3 nitrogen and oxygen atoms in total. The highest BCUT2D eigenvalue weighted by molar-refractivity contribution is 6.20. The lowest BCUT2D eigenvalue weighted by molar-refractivity contribution is 0.413. The molecule has 0 saturated carbocycles. The number of furan rings is 1. The summed E-state index contributed by atoms with van der Waals surface area (Å²) in [7, 11) is 1.62. The van der Waals surface area contributed by atoms with Crippen molar-refractivity contribution >= 4 is 11.6 Å². The zero-order valence-corrected chi connectivity index (χ0v) is 13.1. The van der Waals surface area contributed by atoms with Gasteiger partial charge in [-0.15, -0.1) is 11.6 Å². The predicted octanol–water partition coefficient (Wildman–Crippen LogP) is 4.98. The van der Waals surface area contributed by atoms with Crippen molar-refractivity contribution in [2.75, 3.05) is 7.11 Å². The molecule has 0 radical (unpaired) electrons. The fourth-order valence-electron chi connectivity index (χ4n) is 2.16. The van der Waals surface area contributed by atoms with Gasteiger partial charge < -0.3 is 9.15 Å². The summed E-state index contributed by atoms with van der Waals surface area (Å²) in [5.74, 6) is 2.90. The van der Waals surface area contributed by atoms with E-state index in [9.17, 15) is 0 Å². The third-order valence-corrected chi connectivity index (χ3v) is 3.62. The Bertz CT molecular complexity index is 578. The molecule has 20 heavy (non-hydrogen) atoms. The van der Waals surface area contributed by atoms with Crippen LogP contribution >= 0.6 is 11.6 Å². The molecule has 0 bridgehead atoms. The largest absolute Gasteiger partial charge is 0.495 e. The maximum absolute atomic E-state index is 6.47. The molecule has 0 N–H and O–H groups in total. The highest BCUT2D eigenvalue weighted by Gasteiger charge is 2.18. The van der Waals surface area contributed by atoms with Gasteiger partial charge in [0.05, 0.1) is 18.7 Å². The predicted molar refractivity (Wildman–Crippen MR) is 81.3 cm³/mol. The van der Waals surface area contributed by atoms with E-state index in [1.807, 2.05) is 19.1 Å². The van der Waals surface area contributed by atoms with Gasteiger partial charge >= 0.3 is 0 Å². The fraction of sp³-hybridized carbons (Fsp3) is 0.438. The van der Waals surface area contributed by atoms with E-state index in [2.05, 4.69) is 18.8 Å². The Morgan fingerprint density at radius 1 is 1.30 bits per heavy atom. The van der Waals surface area contributed by atoms with Crippen LogP contribution in [0.1, 0.15) is 37.0 Å². The van der Waals surface area contributed by atoms with Crippen molar-refractivity contribution in [1.82, 2.24) is 4.98 Å². The number of methoxy groups -OCH3 is 1. The monoisotopic (exact) mass is 293 g/mol. The summed E-state index contributed by atoms with van der Waals surface area (Å²) in [6.45, 7) is 6.28. The molecule has 0 aliphatic rings. The number of aryl methyl sites for hydroxylation is 1. The van der Waals surface area contributed by atoms with Crippen LogP contribution in [0.2, 0.25) is 0 Å². The molecule has 0 aliphatic heterocycles. The number of nitrogens with zero attached hydrogens (tertiary/aromatic N) is 1. The van der Waals surface area contributed by atoms with Crippen LogP contribution in [-0.4, -0.2) is 12.1 Å². The summed E-state index contributed by atoms with van der Waals surface area (Å²) in [5, 5.41) is -0.0222. The fourth-order valence-corrected chi connectivity index (χ4v) is 2.73. The van der Waals surface area contributed by atoms with Crippen molar-refractivity contribution in [3.05, 3.63) is 35.9 Å². The zero-order chi connectivity index (χ0) is 14.7. The Morgan fingerprint density at radius 2 is 2.05 bits per heavy atom. The smallest absolute Gasteiger partial charge is 0.137 e. The van der Waals surface area contributed by atoms with E-state index in [1.54, 1.807) is 19.5 Å². The van der Waals surface area contributed by atoms with Gasteiger partial charge in [-0.1, -0.05) is 13.8 Å². The van der Waals surface area contributed by atoms with Crippen molar-refractivity contribution in [1.29, 1.82) is 0 Å². The van der Waals surface area contributed by atoms with Gasteiger partial charge in [0.2, 0.25) is 0 Å². The van der Waals surface area contributed by atoms with Crippen LogP contribution in [0, 0.1) is 12.8 Å². The van der Waals surface area contributed by atoms with Crippen molar-refractivity contribution < 1.29 is 9.15 Å². The minimum absolute atomic E-state index is 0.0222. The Kier molecular flexibility index (Phi) is 4.71. The van der Waals surface area contributed by atoms with Crippen molar-refractivity contribution in [3.8, 4) is 17.1 Å². The maximum Gasteiger partial charge on any atom is 0.137 e. The van der Waals surface area contributed by atoms with Crippen molar-refractivity contribution in [2.45, 2.75) is 32.6 Å². The first-order chi connectivity index (χ1) is 9.51. The number of alkyl halides is 1. The molecule has 2 rings (SSSR count). The number of pyridine rings is 1. The molecule has 0 saturated heterocycles. The van der Waals surface area contributed by atoms with Crippen LogP contribution in [0.5, 0.6) is 5.75 Å². The second-order valence-corrected chi connectivity index (χ2v) is 5.86. The first-order valence-corrected chi connectivity index (χ1v) is 7.18. The van der Waals surface area contributed by atoms with E-state index in [1.165, 1.54) is 0 Å². The van der Waals surface area contributed by atoms with Crippen molar-refractivity contribution in [3.63, 3.8) is 0 Å². The molecule has 0 fully saturated rings. The Morgan fingerprint density at radius 3 is 2.70 bits per heavy atom. The summed E-state index contributed by atoms with van der Waals surface area (Å²) in [6.07, 6.45) is 4.36. The average Bonchev–Trinajstić information content (AvgIpc) is 2.80. The van der Waals surface area contributed by atoms with E-state index in [4.69, 9.17) is 20.8 Å². The summed E-state index contributed by atoms with van der Waals surface area (Å²) in [6, 6.07) is 3.91. The standard InChI is InChI=1S/C16H20ClNO2/c1-10(2)5-15(17)14-7-16(20-11(14)3)12-6-13(19-4)9-18-8-12/h6-10,15H,5H2,1-4H3. The van der Waals surface area contributed by atoms with Gasteiger partial charge in [0, 0.05) is 17.3 Å². The molecular weight excluding hydrogens is 274 g/mol. The Labute approximate surface area is 124 Å². The maximum atomic E-state index is 6.47. The second kappa shape index (κ2) is 6.31. The third-order valence-electron chi connectivity index (χ3n) is 3.21. The molecule has 108 valence electrons. The molecule has 2 heterocycles. The molecule has 0 aromatic carbocycles. The lowest BCUT2D eigenvalue weighted by Gasteiger charge is -2.10. The van der Waals surface area contributed by atoms with Crippen LogP contribution in [0.25, 0.3) is 11.3 Å². The van der Waals surface area contributed by atoms with Gasteiger partial charge in [0.15, 0.2) is 0 Å². The molecule has 2 aromatic heterocycles. The average molecular weight is 294 g/mol. The molecule has 1 unspecified atom stereocenters. The molecule has 0 aliphatic carbocycles. The van der Waals surface area contributed by atoms with E-state index in [0.717, 1.165) is 29.1 Å². The van der Waals surface area contributed by atoms with Crippen LogP contribution in [-0.2, 0) is 0 Å². The number of rotatable bonds is 5. The highest BCUT2D eigenvalue weighted by atomic mass is 35.5. The van der Waals surface area contributed by atoms with Gasteiger partial charge in [0.1, 0.15) is 17.3 Å².